The van der Waals surface area contributed by atoms with Crippen molar-refractivity contribution < 1.29 is 0 Å². The van der Waals surface area contributed by atoms with Gasteiger partial charge in [0, 0.05) is 30.3 Å². The van der Waals surface area contributed by atoms with E-state index in [9.17, 15) is 0 Å². The Morgan fingerprint density at radius 2 is 1.86 bits per heavy atom. The topological polar surface area (TPSA) is 15.3 Å². The summed E-state index contributed by atoms with van der Waals surface area (Å²) in [4.78, 5) is 2.21. The van der Waals surface area contributed by atoms with E-state index in [1.165, 1.54) is 5.56 Å². The summed E-state index contributed by atoms with van der Waals surface area (Å²) in [6, 6.07) is 17.0. The molecule has 21 heavy (non-hydrogen) atoms. The first-order valence-corrected chi connectivity index (χ1v) is 7.77. The zero-order chi connectivity index (χ0) is 15.2. The zero-order valence-corrected chi connectivity index (χ0v) is 13.7. The van der Waals surface area contributed by atoms with Gasteiger partial charge in [-0.1, -0.05) is 54.9 Å². The summed E-state index contributed by atoms with van der Waals surface area (Å²) in [6.07, 6.45) is 0. The van der Waals surface area contributed by atoms with Crippen molar-refractivity contribution in [3.8, 4) is 0 Å². The molecule has 0 aliphatic heterocycles. The van der Waals surface area contributed by atoms with Crippen molar-refractivity contribution in [1.29, 1.82) is 0 Å². The highest BCUT2D eigenvalue weighted by molar-refractivity contribution is 6.31. The van der Waals surface area contributed by atoms with E-state index in [-0.39, 0.29) is 6.04 Å². The molecule has 0 amide bonds. The second kappa shape index (κ2) is 7.48. The summed E-state index contributed by atoms with van der Waals surface area (Å²) in [5.41, 5.74) is 3.58. The van der Waals surface area contributed by atoms with Crippen LogP contribution in [0.15, 0.2) is 48.5 Å². The van der Waals surface area contributed by atoms with Crippen molar-refractivity contribution in [2.24, 2.45) is 0 Å². The third kappa shape index (κ3) is 4.23. The predicted octanol–water partition coefficient (Wildman–Crippen LogP) is 4.65. The Morgan fingerprint density at radius 3 is 2.48 bits per heavy atom. The molecule has 2 aromatic rings. The van der Waals surface area contributed by atoms with E-state index in [1.807, 2.05) is 12.1 Å². The maximum atomic E-state index is 6.44. The fourth-order valence-electron chi connectivity index (χ4n) is 2.47. The Morgan fingerprint density at radius 1 is 1.14 bits per heavy atom. The minimum Gasteiger partial charge on any atom is -0.370 e. The van der Waals surface area contributed by atoms with Gasteiger partial charge in [-0.05, 0) is 36.7 Å². The summed E-state index contributed by atoms with van der Waals surface area (Å²) in [7, 11) is 2.09. The van der Waals surface area contributed by atoms with Gasteiger partial charge in [-0.3, -0.25) is 0 Å². The number of anilines is 1. The van der Waals surface area contributed by atoms with Gasteiger partial charge in [-0.2, -0.15) is 0 Å². The van der Waals surface area contributed by atoms with Crippen LogP contribution in [0, 0.1) is 0 Å². The molecule has 0 heterocycles. The molecule has 3 heteroatoms. The van der Waals surface area contributed by atoms with Crippen molar-refractivity contribution >= 4 is 17.3 Å². The van der Waals surface area contributed by atoms with Gasteiger partial charge >= 0.3 is 0 Å². The van der Waals surface area contributed by atoms with Gasteiger partial charge in [0.2, 0.25) is 0 Å². The number of hydrogen-bond acceptors (Lipinski definition) is 2. The summed E-state index contributed by atoms with van der Waals surface area (Å²) < 4.78 is 0. The van der Waals surface area contributed by atoms with Crippen molar-refractivity contribution in [2.45, 2.75) is 26.4 Å². The third-order valence-corrected chi connectivity index (χ3v) is 3.99. The largest absolute Gasteiger partial charge is 0.370 e. The second-order valence-electron chi connectivity index (χ2n) is 5.33. The third-order valence-electron chi connectivity index (χ3n) is 3.66. The first-order valence-electron chi connectivity index (χ1n) is 7.39. The Hall–Kier alpha value is -1.51. The molecule has 1 unspecified atom stereocenters. The number of benzene rings is 2. The lowest BCUT2D eigenvalue weighted by Crippen LogP contribution is -2.19. The fourth-order valence-corrected chi connectivity index (χ4v) is 2.81. The van der Waals surface area contributed by atoms with E-state index in [2.05, 4.69) is 67.5 Å². The molecular weight excluding hydrogens is 280 g/mol. The molecule has 0 spiro atoms. The number of nitrogens with zero attached hydrogens (tertiary/aromatic N) is 1. The lowest BCUT2D eigenvalue weighted by atomic mass is 10.1. The molecule has 1 atom stereocenters. The predicted molar refractivity (Wildman–Crippen MR) is 92.1 cm³/mol. The molecule has 112 valence electrons. The van der Waals surface area contributed by atoms with Gasteiger partial charge in [0.1, 0.15) is 0 Å². The molecule has 2 aromatic carbocycles. The number of hydrogen-bond donors (Lipinski definition) is 1. The van der Waals surface area contributed by atoms with Gasteiger partial charge in [-0.15, -0.1) is 0 Å². The summed E-state index contributed by atoms with van der Waals surface area (Å²) in [5.74, 6) is 0. The van der Waals surface area contributed by atoms with E-state index in [1.54, 1.807) is 0 Å². The van der Waals surface area contributed by atoms with Crippen LogP contribution in [0.2, 0.25) is 5.02 Å². The van der Waals surface area contributed by atoms with Crippen LogP contribution < -0.4 is 10.2 Å². The molecule has 1 N–H and O–H groups in total. The van der Waals surface area contributed by atoms with Crippen molar-refractivity contribution in [3.05, 3.63) is 64.7 Å². The quantitative estimate of drug-likeness (QED) is 0.836. The Kier molecular flexibility index (Phi) is 5.66. The molecule has 2 rings (SSSR count). The van der Waals surface area contributed by atoms with Gasteiger partial charge in [0.15, 0.2) is 0 Å². The van der Waals surface area contributed by atoms with Crippen molar-refractivity contribution in [1.82, 2.24) is 5.32 Å². The highest BCUT2D eigenvalue weighted by Gasteiger charge is 2.10. The number of rotatable bonds is 6. The molecule has 0 aromatic heterocycles. The van der Waals surface area contributed by atoms with Gasteiger partial charge < -0.3 is 10.2 Å². The van der Waals surface area contributed by atoms with E-state index < -0.39 is 0 Å². The first kappa shape index (κ1) is 15.9. The fraction of sp³-hybridized carbons (Fsp3) is 0.333. The maximum absolute atomic E-state index is 6.44. The van der Waals surface area contributed by atoms with Gasteiger partial charge in [-0.25, -0.2) is 0 Å². The Balaban J connectivity index is 2.12. The second-order valence-corrected chi connectivity index (χ2v) is 5.73. The average molecular weight is 303 g/mol. The van der Waals surface area contributed by atoms with Crippen LogP contribution in [0.25, 0.3) is 0 Å². The standard InChI is InChI=1S/C18H23ClN2/c1-4-20-14(2)17-11-10-16(12-18(17)19)21(3)13-15-8-6-5-7-9-15/h5-12,14,20H,4,13H2,1-3H3. The van der Waals surface area contributed by atoms with Crippen LogP contribution in [0.4, 0.5) is 5.69 Å². The highest BCUT2D eigenvalue weighted by atomic mass is 35.5. The van der Waals surface area contributed by atoms with E-state index in [4.69, 9.17) is 11.6 Å². The maximum Gasteiger partial charge on any atom is 0.0474 e. The van der Waals surface area contributed by atoms with Gasteiger partial charge in [0.25, 0.3) is 0 Å². The zero-order valence-electron chi connectivity index (χ0n) is 12.9. The van der Waals surface area contributed by atoms with Crippen LogP contribution in [-0.4, -0.2) is 13.6 Å². The molecule has 0 aliphatic carbocycles. The smallest absolute Gasteiger partial charge is 0.0474 e. The van der Waals surface area contributed by atoms with E-state index in [0.717, 1.165) is 29.4 Å². The molecule has 0 saturated carbocycles. The molecule has 0 aliphatic rings. The molecular formula is C18H23ClN2. The highest BCUT2D eigenvalue weighted by Crippen LogP contribution is 2.28. The lowest BCUT2D eigenvalue weighted by molar-refractivity contribution is 0.598. The summed E-state index contributed by atoms with van der Waals surface area (Å²) >= 11 is 6.44. The Labute approximate surface area is 132 Å². The van der Waals surface area contributed by atoms with Crippen LogP contribution in [0.5, 0.6) is 0 Å². The van der Waals surface area contributed by atoms with Crippen molar-refractivity contribution in [3.63, 3.8) is 0 Å². The summed E-state index contributed by atoms with van der Waals surface area (Å²) in [5, 5.41) is 4.21. The van der Waals surface area contributed by atoms with E-state index >= 15 is 0 Å². The minimum atomic E-state index is 0.274. The average Bonchev–Trinajstić information content (AvgIpc) is 2.48. The normalized spacial score (nSPS) is 12.2. The molecule has 2 nitrogen and oxygen atoms in total. The monoisotopic (exact) mass is 302 g/mol. The van der Waals surface area contributed by atoms with Crippen LogP contribution in [-0.2, 0) is 6.54 Å². The molecule has 0 bridgehead atoms. The van der Waals surface area contributed by atoms with Crippen LogP contribution in [0.1, 0.15) is 31.0 Å². The van der Waals surface area contributed by atoms with Crippen LogP contribution in [0.3, 0.4) is 0 Å². The summed E-state index contributed by atoms with van der Waals surface area (Å²) in [6.45, 7) is 6.05. The molecule has 0 fully saturated rings. The lowest BCUT2D eigenvalue weighted by Gasteiger charge is -2.22. The first-order chi connectivity index (χ1) is 10.1. The number of halogens is 1. The number of nitrogens with one attached hydrogen (secondary N) is 1. The minimum absolute atomic E-state index is 0.274. The van der Waals surface area contributed by atoms with E-state index in [0.29, 0.717) is 0 Å². The Bertz CT molecular complexity index is 569. The SMILES string of the molecule is CCNC(C)c1ccc(N(C)Cc2ccccc2)cc1Cl. The van der Waals surface area contributed by atoms with Gasteiger partial charge in [0.05, 0.1) is 0 Å². The van der Waals surface area contributed by atoms with Crippen LogP contribution >= 0.6 is 11.6 Å². The molecule has 0 saturated heterocycles. The van der Waals surface area contributed by atoms with Crippen molar-refractivity contribution in [2.75, 3.05) is 18.5 Å². The molecule has 0 radical (unpaired) electrons.